The topological polar surface area (TPSA) is 94.0 Å². The molecule has 0 spiro atoms. The van der Waals surface area contributed by atoms with E-state index >= 15 is 0 Å². The lowest BCUT2D eigenvalue weighted by Crippen LogP contribution is -2.40. The summed E-state index contributed by atoms with van der Waals surface area (Å²) in [6.45, 7) is 8.53. The standard InChI is InChI=1S/C20H36N4O3S/c1-6-21-20(23-15-18(11-12-25)13-16(2)3)22-14-17-7-9-19(10-8-17)28(26,27)24(4)5/h7-10,16,18,25H,6,11-15H2,1-5H3,(H2,21,22,23). The normalized spacial score (nSPS) is 13.8. The van der Waals surface area contributed by atoms with Crippen molar-refractivity contribution in [2.75, 3.05) is 33.8 Å². The highest BCUT2D eigenvalue weighted by Gasteiger charge is 2.16. The Morgan fingerprint density at radius 1 is 1.18 bits per heavy atom. The largest absolute Gasteiger partial charge is 0.396 e. The fraction of sp³-hybridized carbons (Fsp3) is 0.650. The van der Waals surface area contributed by atoms with Gasteiger partial charge in [-0.2, -0.15) is 0 Å². The smallest absolute Gasteiger partial charge is 0.242 e. The summed E-state index contributed by atoms with van der Waals surface area (Å²) in [5.41, 5.74) is 0.934. The van der Waals surface area contributed by atoms with Gasteiger partial charge in [-0.05, 0) is 49.3 Å². The summed E-state index contributed by atoms with van der Waals surface area (Å²) in [5, 5.41) is 15.8. The van der Waals surface area contributed by atoms with Gasteiger partial charge in [0.2, 0.25) is 10.0 Å². The van der Waals surface area contributed by atoms with E-state index in [0.717, 1.165) is 37.5 Å². The molecule has 1 aromatic carbocycles. The number of sulfonamides is 1. The minimum Gasteiger partial charge on any atom is -0.396 e. The highest BCUT2D eigenvalue weighted by Crippen LogP contribution is 2.15. The molecule has 0 aromatic heterocycles. The van der Waals surface area contributed by atoms with Crippen molar-refractivity contribution in [2.24, 2.45) is 16.8 Å². The molecule has 160 valence electrons. The quantitative estimate of drug-likeness (QED) is 0.382. The number of aliphatic hydroxyl groups is 1. The molecule has 0 bridgehead atoms. The third-order valence-corrected chi connectivity index (χ3v) is 6.20. The molecular weight excluding hydrogens is 376 g/mol. The van der Waals surface area contributed by atoms with Crippen molar-refractivity contribution >= 4 is 16.0 Å². The van der Waals surface area contributed by atoms with Crippen LogP contribution in [0.25, 0.3) is 0 Å². The lowest BCUT2D eigenvalue weighted by molar-refractivity contribution is 0.243. The number of benzene rings is 1. The Morgan fingerprint density at radius 3 is 2.32 bits per heavy atom. The zero-order valence-corrected chi connectivity index (χ0v) is 18.6. The first-order chi connectivity index (χ1) is 13.2. The van der Waals surface area contributed by atoms with E-state index in [1.165, 1.54) is 18.4 Å². The molecule has 1 atom stereocenters. The number of rotatable bonds is 11. The van der Waals surface area contributed by atoms with Crippen LogP contribution in [0, 0.1) is 11.8 Å². The Kier molecular flexibility index (Phi) is 10.5. The van der Waals surface area contributed by atoms with Crippen LogP contribution >= 0.6 is 0 Å². The minimum atomic E-state index is -3.41. The van der Waals surface area contributed by atoms with E-state index in [0.29, 0.717) is 18.4 Å². The lowest BCUT2D eigenvalue weighted by atomic mass is 9.94. The van der Waals surface area contributed by atoms with Gasteiger partial charge in [0.15, 0.2) is 5.96 Å². The Hall–Kier alpha value is -1.64. The molecule has 0 aliphatic carbocycles. The highest BCUT2D eigenvalue weighted by molar-refractivity contribution is 7.89. The third kappa shape index (κ3) is 8.16. The molecule has 0 saturated carbocycles. The van der Waals surface area contributed by atoms with E-state index in [1.807, 2.05) is 6.92 Å². The van der Waals surface area contributed by atoms with E-state index in [-0.39, 0.29) is 11.5 Å². The van der Waals surface area contributed by atoms with Crippen LogP contribution in [0.2, 0.25) is 0 Å². The number of hydrogen-bond donors (Lipinski definition) is 3. The second-order valence-electron chi connectivity index (χ2n) is 7.52. The number of nitrogens with one attached hydrogen (secondary N) is 2. The maximum atomic E-state index is 12.1. The van der Waals surface area contributed by atoms with Gasteiger partial charge in [-0.25, -0.2) is 17.7 Å². The van der Waals surface area contributed by atoms with E-state index in [9.17, 15) is 13.5 Å². The van der Waals surface area contributed by atoms with Crippen LogP contribution in [0.1, 0.15) is 39.2 Å². The van der Waals surface area contributed by atoms with E-state index < -0.39 is 10.0 Å². The van der Waals surface area contributed by atoms with Crippen molar-refractivity contribution in [1.82, 2.24) is 14.9 Å². The SMILES string of the molecule is CCNC(=NCc1ccc(S(=O)(=O)N(C)C)cc1)NCC(CCO)CC(C)C. The van der Waals surface area contributed by atoms with Crippen LogP contribution in [-0.4, -0.2) is 57.6 Å². The average Bonchev–Trinajstić information content (AvgIpc) is 2.63. The molecule has 1 aromatic rings. The molecule has 3 N–H and O–H groups in total. The lowest BCUT2D eigenvalue weighted by Gasteiger charge is -2.20. The zero-order chi connectivity index (χ0) is 21.2. The Bertz CT molecular complexity index is 701. The summed E-state index contributed by atoms with van der Waals surface area (Å²) in [6, 6.07) is 6.80. The van der Waals surface area contributed by atoms with Crippen molar-refractivity contribution in [2.45, 2.75) is 45.1 Å². The van der Waals surface area contributed by atoms with Crippen LogP contribution in [-0.2, 0) is 16.6 Å². The minimum absolute atomic E-state index is 0.189. The molecule has 7 nitrogen and oxygen atoms in total. The van der Waals surface area contributed by atoms with Crippen LogP contribution in [0.4, 0.5) is 0 Å². The summed E-state index contributed by atoms with van der Waals surface area (Å²) in [4.78, 5) is 4.87. The summed E-state index contributed by atoms with van der Waals surface area (Å²) < 4.78 is 25.5. The fourth-order valence-electron chi connectivity index (χ4n) is 2.88. The van der Waals surface area contributed by atoms with Crippen LogP contribution < -0.4 is 10.6 Å². The predicted molar refractivity (Wildman–Crippen MR) is 115 cm³/mol. The Morgan fingerprint density at radius 2 is 1.82 bits per heavy atom. The Labute approximate surface area is 170 Å². The van der Waals surface area contributed by atoms with Gasteiger partial charge in [-0.3, -0.25) is 0 Å². The number of nitrogens with zero attached hydrogens (tertiary/aromatic N) is 2. The van der Waals surface area contributed by atoms with Gasteiger partial charge in [-0.1, -0.05) is 26.0 Å². The van der Waals surface area contributed by atoms with Gasteiger partial charge in [0, 0.05) is 33.8 Å². The van der Waals surface area contributed by atoms with Crippen molar-refractivity contribution < 1.29 is 13.5 Å². The summed E-state index contributed by atoms with van der Waals surface area (Å²) in [7, 11) is -0.377. The van der Waals surface area contributed by atoms with E-state index in [4.69, 9.17) is 0 Å². The van der Waals surface area contributed by atoms with Gasteiger partial charge >= 0.3 is 0 Å². The second kappa shape index (κ2) is 12.0. The third-order valence-electron chi connectivity index (χ3n) is 4.37. The molecule has 1 unspecified atom stereocenters. The molecule has 0 aliphatic rings. The number of hydrogen-bond acceptors (Lipinski definition) is 4. The molecule has 8 heteroatoms. The molecular formula is C20H36N4O3S. The average molecular weight is 413 g/mol. The number of aliphatic imine (C=N–C) groups is 1. The van der Waals surface area contributed by atoms with Gasteiger partial charge in [-0.15, -0.1) is 0 Å². The first-order valence-corrected chi connectivity index (χ1v) is 11.3. The van der Waals surface area contributed by atoms with E-state index in [1.54, 1.807) is 24.3 Å². The monoisotopic (exact) mass is 412 g/mol. The molecule has 0 heterocycles. The Balaban J connectivity index is 2.76. The molecule has 28 heavy (non-hydrogen) atoms. The molecule has 0 aliphatic heterocycles. The molecule has 0 amide bonds. The zero-order valence-electron chi connectivity index (χ0n) is 17.8. The summed E-state index contributed by atoms with van der Waals surface area (Å²) in [6.07, 6.45) is 1.82. The first-order valence-electron chi connectivity index (χ1n) is 9.85. The summed E-state index contributed by atoms with van der Waals surface area (Å²) >= 11 is 0. The summed E-state index contributed by atoms with van der Waals surface area (Å²) in [5.74, 6) is 1.69. The number of aliphatic hydroxyl groups excluding tert-OH is 1. The number of guanidine groups is 1. The van der Waals surface area contributed by atoms with Gasteiger partial charge in [0.25, 0.3) is 0 Å². The molecule has 0 fully saturated rings. The van der Waals surface area contributed by atoms with Gasteiger partial charge in [0.05, 0.1) is 11.4 Å². The van der Waals surface area contributed by atoms with Crippen LogP contribution in [0.3, 0.4) is 0 Å². The molecule has 0 saturated heterocycles. The van der Waals surface area contributed by atoms with Gasteiger partial charge in [0.1, 0.15) is 0 Å². The highest BCUT2D eigenvalue weighted by atomic mass is 32.2. The van der Waals surface area contributed by atoms with Crippen molar-refractivity contribution in [3.8, 4) is 0 Å². The van der Waals surface area contributed by atoms with Gasteiger partial charge < -0.3 is 15.7 Å². The van der Waals surface area contributed by atoms with Crippen LogP contribution in [0.5, 0.6) is 0 Å². The second-order valence-corrected chi connectivity index (χ2v) is 9.67. The predicted octanol–water partition coefficient (Wildman–Crippen LogP) is 2.04. The molecule has 1 rings (SSSR count). The molecule has 0 radical (unpaired) electrons. The van der Waals surface area contributed by atoms with Crippen molar-refractivity contribution in [3.63, 3.8) is 0 Å². The maximum Gasteiger partial charge on any atom is 0.242 e. The van der Waals surface area contributed by atoms with Crippen molar-refractivity contribution in [1.29, 1.82) is 0 Å². The van der Waals surface area contributed by atoms with Crippen molar-refractivity contribution in [3.05, 3.63) is 29.8 Å². The van der Waals surface area contributed by atoms with E-state index in [2.05, 4.69) is 29.5 Å². The fourth-order valence-corrected chi connectivity index (χ4v) is 3.78. The maximum absolute atomic E-state index is 12.1. The van der Waals surface area contributed by atoms with Crippen LogP contribution in [0.15, 0.2) is 34.2 Å². The first kappa shape index (κ1) is 24.4.